The van der Waals surface area contributed by atoms with Crippen LogP contribution in [0.15, 0.2) is 12.2 Å². The Kier molecular flexibility index (Phi) is 20.4. The molecule has 1 saturated heterocycles. The molecule has 1 saturated carbocycles. The van der Waals surface area contributed by atoms with Crippen molar-refractivity contribution in [2.24, 2.45) is 11.8 Å². The van der Waals surface area contributed by atoms with E-state index in [1.54, 1.807) is 0 Å². The molecule has 0 aromatic heterocycles. The van der Waals surface area contributed by atoms with E-state index >= 15 is 0 Å². The third kappa shape index (κ3) is 16.1. The van der Waals surface area contributed by atoms with Gasteiger partial charge in [-0.25, -0.2) is 0 Å². The maximum absolute atomic E-state index is 12.6. The van der Waals surface area contributed by atoms with Crippen molar-refractivity contribution in [3.63, 3.8) is 0 Å². The fourth-order valence-corrected chi connectivity index (χ4v) is 8.12. The summed E-state index contributed by atoms with van der Waals surface area (Å²) in [5, 5.41) is 41.5. The normalized spacial score (nSPS) is 25.7. The van der Waals surface area contributed by atoms with Crippen LogP contribution >= 0.6 is 11.8 Å². The van der Waals surface area contributed by atoms with Gasteiger partial charge in [-0.15, -0.1) is 11.8 Å². The zero-order valence-electron chi connectivity index (χ0n) is 31.1. The predicted octanol–water partition coefficient (Wildman–Crippen LogP) is 1.03. The van der Waals surface area contributed by atoms with Crippen molar-refractivity contribution in [3.8, 4) is 0 Å². The average Bonchev–Trinajstić information content (AvgIpc) is 3.45. The number of carbonyl (C=O) groups is 6. The Morgan fingerprint density at radius 1 is 0.774 bits per heavy atom. The Balaban J connectivity index is 1.08. The first-order chi connectivity index (χ1) is 25.5. The van der Waals surface area contributed by atoms with Crippen molar-refractivity contribution in [2.75, 3.05) is 38.5 Å². The van der Waals surface area contributed by atoms with E-state index in [4.69, 9.17) is 4.74 Å². The van der Waals surface area contributed by atoms with Crippen molar-refractivity contribution in [1.29, 1.82) is 0 Å². The zero-order valence-corrected chi connectivity index (χ0v) is 31.9. The average molecular weight is 768 g/mol. The molecule has 300 valence electrons. The van der Waals surface area contributed by atoms with E-state index in [0.29, 0.717) is 44.8 Å². The molecule has 16 heteroatoms. The molecule has 3 aliphatic rings. The number of nitrogens with zero attached hydrogens (tertiary/aromatic N) is 1. The van der Waals surface area contributed by atoms with Crippen molar-refractivity contribution in [2.45, 2.75) is 133 Å². The maximum Gasteiger partial charge on any atom is 0.253 e. The molecule has 6 amide bonds. The summed E-state index contributed by atoms with van der Waals surface area (Å²) in [4.78, 5) is 73.3. The second-order valence-electron chi connectivity index (χ2n) is 14.3. The molecule has 0 spiro atoms. The standard InChI is InChI=1S/C37H61N5O10S/c1-25(44)41-33-35(50)34(49)28(24-43)52-37(33)53-22-10-4-9-20-39-30(46)11-5-2-7-19-38-29(45)12-6-3-8-21-40-36(51)27-15-13-26(14-16-27)23-42-31(47)17-18-32(42)48/h17-18,26-28,33-35,37,43,49-50H,2-16,19-24H2,1H3,(H,38,45)(H,39,46)(H,40,51)(H,41,44)/t26?,27?,28?,33?,34-,35+,37-/m0/s1. The number of amides is 6. The summed E-state index contributed by atoms with van der Waals surface area (Å²) in [7, 11) is 0. The minimum atomic E-state index is -1.29. The third-order valence-corrected chi connectivity index (χ3v) is 11.3. The Labute approximate surface area is 317 Å². The highest BCUT2D eigenvalue weighted by molar-refractivity contribution is 7.99. The van der Waals surface area contributed by atoms with Gasteiger partial charge >= 0.3 is 0 Å². The molecule has 2 heterocycles. The quantitative estimate of drug-likeness (QED) is 0.0543. The highest BCUT2D eigenvalue weighted by Gasteiger charge is 2.44. The molecule has 1 aliphatic carbocycles. The summed E-state index contributed by atoms with van der Waals surface area (Å²) in [5.41, 5.74) is -0.599. The first kappa shape index (κ1) is 44.3. The minimum absolute atomic E-state index is 0.00619. The van der Waals surface area contributed by atoms with Gasteiger partial charge in [-0.2, -0.15) is 0 Å². The van der Waals surface area contributed by atoms with Crippen LogP contribution in [0.4, 0.5) is 0 Å². The van der Waals surface area contributed by atoms with E-state index in [9.17, 15) is 44.1 Å². The lowest BCUT2D eigenvalue weighted by Gasteiger charge is -2.42. The number of aliphatic hydroxyl groups is 3. The summed E-state index contributed by atoms with van der Waals surface area (Å²) in [6.45, 7) is 3.05. The van der Waals surface area contributed by atoms with Crippen LogP contribution in [0, 0.1) is 11.8 Å². The number of nitrogens with one attached hydrogen (secondary N) is 4. The van der Waals surface area contributed by atoms with E-state index < -0.39 is 36.4 Å². The summed E-state index contributed by atoms with van der Waals surface area (Å²) in [5.74, 6) is 0.121. The van der Waals surface area contributed by atoms with Crippen LogP contribution in [0.3, 0.4) is 0 Å². The molecule has 15 nitrogen and oxygen atoms in total. The largest absolute Gasteiger partial charge is 0.394 e. The molecule has 2 unspecified atom stereocenters. The van der Waals surface area contributed by atoms with Gasteiger partial charge in [0, 0.05) is 64.0 Å². The lowest BCUT2D eigenvalue weighted by Crippen LogP contribution is -2.63. The molecule has 53 heavy (non-hydrogen) atoms. The third-order valence-electron chi connectivity index (χ3n) is 10.0. The number of aliphatic hydroxyl groups excluding tert-OH is 3. The number of rotatable bonds is 24. The van der Waals surface area contributed by atoms with Crippen molar-refractivity contribution in [3.05, 3.63) is 12.2 Å². The van der Waals surface area contributed by atoms with Crippen LogP contribution in [0.5, 0.6) is 0 Å². The van der Waals surface area contributed by atoms with Crippen LogP contribution < -0.4 is 21.3 Å². The van der Waals surface area contributed by atoms with Gasteiger partial charge in [-0.05, 0) is 75.9 Å². The molecule has 0 radical (unpaired) electrons. The van der Waals surface area contributed by atoms with Gasteiger partial charge in [0.1, 0.15) is 23.7 Å². The SMILES string of the molecule is CC(=O)NC1[C@@H](O)[C@@H](O)C(CO)O[C@H]1SCCCCCNC(=O)CCCCCNC(=O)CCCCCNC(=O)C1CCC(CN2C(=O)C=CC2=O)CC1. The number of ether oxygens (including phenoxy) is 1. The van der Waals surface area contributed by atoms with Gasteiger partial charge < -0.3 is 41.3 Å². The Morgan fingerprint density at radius 3 is 1.87 bits per heavy atom. The number of carbonyl (C=O) groups excluding carboxylic acids is 6. The molecular formula is C37H61N5O10S. The molecule has 7 N–H and O–H groups in total. The predicted molar refractivity (Wildman–Crippen MR) is 199 cm³/mol. The lowest BCUT2D eigenvalue weighted by molar-refractivity contribution is -0.173. The van der Waals surface area contributed by atoms with E-state index in [0.717, 1.165) is 83.5 Å². The van der Waals surface area contributed by atoms with E-state index in [1.807, 2.05) is 0 Å². The van der Waals surface area contributed by atoms with Gasteiger partial charge in [-0.3, -0.25) is 33.7 Å². The molecule has 0 aromatic rings. The van der Waals surface area contributed by atoms with E-state index in [1.165, 1.54) is 35.7 Å². The van der Waals surface area contributed by atoms with Gasteiger partial charge in [0.25, 0.3) is 11.8 Å². The summed E-state index contributed by atoms with van der Waals surface area (Å²) in [6.07, 6.45) is 10.5. The Hall–Kier alpha value is -3.05. The monoisotopic (exact) mass is 767 g/mol. The molecule has 2 fully saturated rings. The number of unbranched alkanes of at least 4 members (excludes halogenated alkanes) is 6. The highest BCUT2D eigenvalue weighted by atomic mass is 32.2. The van der Waals surface area contributed by atoms with Gasteiger partial charge in [0.2, 0.25) is 23.6 Å². The van der Waals surface area contributed by atoms with Crippen molar-refractivity contribution >= 4 is 47.2 Å². The number of imide groups is 1. The van der Waals surface area contributed by atoms with Crippen LogP contribution in [-0.4, -0.2) is 124 Å². The maximum atomic E-state index is 12.6. The topological polar surface area (TPSA) is 224 Å². The van der Waals surface area contributed by atoms with Gasteiger partial charge in [0.05, 0.1) is 12.6 Å². The smallest absolute Gasteiger partial charge is 0.253 e. The molecule has 0 bridgehead atoms. The summed E-state index contributed by atoms with van der Waals surface area (Å²) >= 11 is 1.41. The molecule has 5 atom stereocenters. The number of hydrogen-bond donors (Lipinski definition) is 7. The zero-order chi connectivity index (χ0) is 38.6. The number of thioether (sulfide) groups is 1. The Bertz CT molecular complexity index is 1210. The first-order valence-electron chi connectivity index (χ1n) is 19.4. The second-order valence-corrected chi connectivity index (χ2v) is 15.5. The lowest BCUT2D eigenvalue weighted by atomic mass is 9.81. The minimum Gasteiger partial charge on any atom is -0.394 e. The van der Waals surface area contributed by atoms with Crippen molar-refractivity contribution < 1.29 is 48.8 Å². The Morgan fingerprint density at radius 2 is 1.32 bits per heavy atom. The van der Waals surface area contributed by atoms with Crippen LogP contribution in [-0.2, 0) is 33.5 Å². The molecule has 0 aromatic carbocycles. The van der Waals surface area contributed by atoms with Crippen LogP contribution in [0.2, 0.25) is 0 Å². The highest BCUT2D eigenvalue weighted by Crippen LogP contribution is 2.31. The molecule has 3 rings (SSSR count). The summed E-state index contributed by atoms with van der Waals surface area (Å²) < 4.78 is 5.72. The van der Waals surface area contributed by atoms with Crippen molar-refractivity contribution in [1.82, 2.24) is 26.2 Å². The van der Waals surface area contributed by atoms with E-state index in [-0.39, 0.29) is 47.3 Å². The van der Waals surface area contributed by atoms with Crippen LogP contribution in [0.1, 0.15) is 103 Å². The molecule has 2 aliphatic heterocycles. The number of hydrogen-bond acceptors (Lipinski definition) is 11. The summed E-state index contributed by atoms with van der Waals surface area (Å²) in [6, 6.07) is -0.783. The van der Waals surface area contributed by atoms with Gasteiger partial charge in [0.15, 0.2) is 0 Å². The first-order valence-corrected chi connectivity index (χ1v) is 20.4. The second kappa shape index (κ2) is 24.4. The fourth-order valence-electron chi connectivity index (χ4n) is 6.86. The molecular weight excluding hydrogens is 706 g/mol. The fraction of sp³-hybridized carbons (Fsp3) is 0.784. The van der Waals surface area contributed by atoms with Gasteiger partial charge in [-0.1, -0.05) is 19.3 Å². The van der Waals surface area contributed by atoms with Crippen LogP contribution in [0.25, 0.3) is 0 Å². The van der Waals surface area contributed by atoms with E-state index in [2.05, 4.69) is 21.3 Å².